The summed E-state index contributed by atoms with van der Waals surface area (Å²) in [6.07, 6.45) is 3.21. The molecule has 2 heterocycles. The summed E-state index contributed by atoms with van der Waals surface area (Å²) in [5, 5.41) is 8.48. The molecule has 2 unspecified atom stereocenters. The SMILES string of the molecule is CCOC(=O)CC(CCc1cn(C(C)C)nn1)c1ccc(C)c(CN2CC(C)Oc3ccccc3S2(=O)=O)c1. The molecule has 1 aromatic heterocycles. The third-order valence-electron chi connectivity index (χ3n) is 7.00. The standard InChI is InChI=1S/C29H38N4O5S/c1-6-37-29(34)16-24(13-14-26-19-33(20(2)3)31-30-26)23-12-11-21(4)25(15-23)18-32-17-22(5)38-27-9-7-8-10-28(27)39(32,35)36/h7-12,15,19-20,22,24H,6,13-14,16-18H2,1-5H3. The van der Waals surface area contributed by atoms with Crippen LogP contribution in [0, 0.1) is 6.92 Å². The summed E-state index contributed by atoms with van der Waals surface area (Å²) >= 11 is 0. The minimum atomic E-state index is -3.76. The molecule has 0 bridgehead atoms. The Morgan fingerprint density at radius 3 is 2.69 bits per heavy atom. The van der Waals surface area contributed by atoms with Gasteiger partial charge in [0, 0.05) is 18.8 Å². The van der Waals surface area contributed by atoms with E-state index in [1.165, 1.54) is 4.31 Å². The van der Waals surface area contributed by atoms with Crippen molar-refractivity contribution in [3.8, 4) is 5.75 Å². The van der Waals surface area contributed by atoms with E-state index in [2.05, 4.69) is 10.3 Å². The van der Waals surface area contributed by atoms with Gasteiger partial charge in [-0.05, 0) is 82.2 Å². The van der Waals surface area contributed by atoms with Crippen LogP contribution in [0.4, 0.5) is 0 Å². The first-order valence-electron chi connectivity index (χ1n) is 13.5. The summed E-state index contributed by atoms with van der Waals surface area (Å²) in [5.74, 6) is 0.00586. The van der Waals surface area contributed by atoms with Gasteiger partial charge in [0.2, 0.25) is 10.0 Å². The topological polar surface area (TPSA) is 104 Å². The average Bonchev–Trinajstić information content (AvgIpc) is 3.34. The van der Waals surface area contributed by atoms with Crippen molar-refractivity contribution in [2.45, 2.75) is 83.4 Å². The van der Waals surface area contributed by atoms with E-state index in [-0.39, 0.29) is 48.4 Å². The van der Waals surface area contributed by atoms with Crippen LogP contribution in [0.1, 0.15) is 74.9 Å². The van der Waals surface area contributed by atoms with Gasteiger partial charge in [-0.2, -0.15) is 4.31 Å². The summed E-state index contributed by atoms with van der Waals surface area (Å²) in [6, 6.07) is 13.0. The molecule has 0 radical (unpaired) electrons. The third kappa shape index (κ3) is 6.86. The van der Waals surface area contributed by atoms with Crippen LogP contribution in [0.3, 0.4) is 0 Å². The lowest BCUT2D eigenvalue weighted by molar-refractivity contribution is -0.143. The lowest BCUT2D eigenvalue weighted by Gasteiger charge is -2.24. The van der Waals surface area contributed by atoms with Gasteiger partial charge in [0.15, 0.2) is 0 Å². The van der Waals surface area contributed by atoms with Gasteiger partial charge in [0.25, 0.3) is 0 Å². The highest BCUT2D eigenvalue weighted by atomic mass is 32.2. The number of aryl methyl sites for hydroxylation is 2. The monoisotopic (exact) mass is 554 g/mol. The number of esters is 1. The lowest BCUT2D eigenvalue weighted by Crippen LogP contribution is -2.35. The maximum absolute atomic E-state index is 13.6. The van der Waals surface area contributed by atoms with Gasteiger partial charge in [-0.1, -0.05) is 35.5 Å². The molecule has 9 nitrogen and oxygen atoms in total. The number of benzene rings is 2. The Labute approximate surface area is 231 Å². The normalized spacial score (nSPS) is 17.7. The van der Waals surface area contributed by atoms with E-state index in [4.69, 9.17) is 9.47 Å². The fourth-order valence-corrected chi connectivity index (χ4v) is 6.42. The number of para-hydroxylation sites is 1. The zero-order valence-electron chi connectivity index (χ0n) is 23.3. The molecule has 10 heteroatoms. The second kappa shape index (κ2) is 12.3. The first-order valence-corrected chi connectivity index (χ1v) is 14.9. The minimum absolute atomic E-state index is 0.115. The van der Waals surface area contributed by atoms with E-state index >= 15 is 0 Å². The zero-order chi connectivity index (χ0) is 28.2. The highest BCUT2D eigenvalue weighted by Gasteiger charge is 2.33. The second-order valence-electron chi connectivity index (χ2n) is 10.4. The van der Waals surface area contributed by atoms with Crippen LogP contribution in [0.2, 0.25) is 0 Å². The molecule has 1 aliphatic heterocycles. The first kappa shape index (κ1) is 28.8. The molecule has 0 fully saturated rings. The molecule has 0 saturated carbocycles. The van der Waals surface area contributed by atoms with Gasteiger partial charge >= 0.3 is 5.97 Å². The smallest absolute Gasteiger partial charge is 0.306 e. The van der Waals surface area contributed by atoms with Crippen molar-refractivity contribution < 1.29 is 22.7 Å². The van der Waals surface area contributed by atoms with Crippen molar-refractivity contribution in [2.75, 3.05) is 13.2 Å². The van der Waals surface area contributed by atoms with Crippen LogP contribution >= 0.6 is 0 Å². The van der Waals surface area contributed by atoms with Crippen LogP contribution in [0.15, 0.2) is 53.6 Å². The Morgan fingerprint density at radius 1 is 1.21 bits per heavy atom. The summed E-state index contributed by atoms with van der Waals surface area (Å²) in [6.45, 7) is 10.5. The number of sulfonamides is 1. The van der Waals surface area contributed by atoms with Crippen LogP contribution in [-0.4, -0.2) is 52.9 Å². The maximum Gasteiger partial charge on any atom is 0.306 e. The molecule has 4 rings (SSSR count). The Kier molecular flexibility index (Phi) is 9.07. The first-order chi connectivity index (χ1) is 18.6. The Bertz CT molecular complexity index is 1400. The van der Waals surface area contributed by atoms with Crippen molar-refractivity contribution in [2.24, 2.45) is 0 Å². The van der Waals surface area contributed by atoms with Gasteiger partial charge < -0.3 is 9.47 Å². The number of rotatable bonds is 10. The number of fused-ring (bicyclic) bond motifs is 1. The van der Waals surface area contributed by atoms with Gasteiger partial charge in [-0.3, -0.25) is 4.79 Å². The molecule has 0 N–H and O–H groups in total. The Balaban J connectivity index is 1.61. The van der Waals surface area contributed by atoms with Crippen molar-refractivity contribution in [3.63, 3.8) is 0 Å². The summed E-state index contributed by atoms with van der Waals surface area (Å²) in [4.78, 5) is 12.7. The van der Waals surface area contributed by atoms with Crippen molar-refractivity contribution >= 4 is 16.0 Å². The predicted octanol–water partition coefficient (Wildman–Crippen LogP) is 4.81. The second-order valence-corrected chi connectivity index (χ2v) is 12.3. The van der Waals surface area contributed by atoms with Gasteiger partial charge in [0.1, 0.15) is 16.7 Å². The van der Waals surface area contributed by atoms with Gasteiger partial charge in [-0.15, -0.1) is 5.10 Å². The molecule has 0 aliphatic carbocycles. The number of carbonyl (C=O) groups excluding carboxylic acids is 1. The number of aromatic nitrogens is 3. The zero-order valence-corrected chi connectivity index (χ0v) is 24.1. The van der Waals surface area contributed by atoms with Crippen LogP contribution in [0.25, 0.3) is 0 Å². The van der Waals surface area contributed by atoms with Gasteiger partial charge in [0.05, 0.1) is 25.3 Å². The quantitative estimate of drug-likeness (QED) is 0.331. The number of ether oxygens (including phenoxy) is 2. The molecule has 3 aromatic rings. The molecular formula is C29H38N4O5S. The molecule has 0 spiro atoms. The number of nitrogens with zero attached hydrogens (tertiary/aromatic N) is 4. The average molecular weight is 555 g/mol. The van der Waals surface area contributed by atoms with E-state index in [1.807, 2.05) is 56.8 Å². The molecule has 2 aromatic carbocycles. The molecule has 39 heavy (non-hydrogen) atoms. The van der Waals surface area contributed by atoms with E-state index in [0.717, 1.165) is 22.4 Å². The molecular weight excluding hydrogens is 516 g/mol. The van der Waals surface area contributed by atoms with Gasteiger partial charge in [-0.25, -0.2) is 13.1 Å². The number of hydrogen-bond acceptors (Lipinski definition) is 7. The van der Waals surface area contributed by atoms with E-state index in [9.17, 15) is 13.2 Å². The minimum Gasteiger partial charge on any atom is -0.488 e. The largest absolute Gasteiger partial charge is 0.488 e. The van der Waals surface area contributed by atoms with Crippen molar-refractivity contribution in [1.29, 1.82) is 0 Å². The predicted molar refractivity (Wildman–Crippen MR) is 148 cm³/mol. The lowest BCUT2D eigenvalue weighted by atomic mass is 9.88. The molecule has 0 saturated heterocycles. The summed E-state index contributed by atoms with van der Waals surface area (Å²) in [5.41, 5.74) is 3.71. The Morgan fingerprint density at radius 2 is 1.97 bits per heavy atom. The third-order valence-corrected chi connectivity index (χ3v) is 8.85. The fraction of sp³-hybridized carbons (Fsp3) is 0.483. The van der Waals surface area contributed by atoms with Crippen LogP contribution in [0.5, 0.6) is 5.75 Å². The van der Waals surface area contributed by atoms with Crippen molar-refractivity contribution in [1.82, 2.24) is 19.3 Å². The fourth-order valence-electron chi connectivity index (χ4n) is 4.80. The Hall–Kier alpha value is -3.24. The van der Waals surface area contributed by atoms with E-state index in [1.54, 1.807) is 31.2 Å². The summed E-state index contributed by atoms with van der Waals surface area (Å²) in [7, 11) is -3.76. The van der Waals surface area contributed by atoms with Crippen LogP contribution < -0.4 is 4.74 Å². The number of hydrogen-bond donors (Lipinski definition) is 0. The molecule has 2 atom stereocenters. The highest BCUT2D eigenvalue weighted by molar-refractivity contribution is 7.89. The molecule has 210 valence electrons. The van der Waals surface area contributed by atoms with Crippen LogP contribution in [-0.2, 0) is 32.5 Å². The maximum atomic E-state index is 13.6. The molecule has 1 aliphatic rings. The highest BCUT2D eigenvalue weighted by Crippen LogP contribution is 2.33. The van der Waals surface area contributed by atoms with E-state index in [0.29, 0.717) is 25.2 Å². The summed E-state index contributed by atoms with van der Waals surface area (Å²) < 4.78 is 41.7. The molecule has 0 amide bonds. The van der Waals surface area contributed by atoms with Crippen molar-refractivity contribution in [3.05, 3.63) is 71.0 Å². The van der Waals surface area contributed by atoms with E-state index < -0.39 is 10.0 Å². The number of carbonyl (C=O) groups is 1.